The lowest BCUT2D eigenvalue weighted by Crippen LogP contribution is -2.35. The molecule has 2 aliphatic rings. The van der Waals surface area contributed by atoms with Gasteiger partial charge in [0.2, 0.25) is 10.0 Å². The zero-order valence-electron chi connectivity index (χ0n) is 10.8. The van der Waals surface area contributed by atoms with Crippen molar-refractivity contribution >= 4 is 26.5 Å². The summed E-state index contributed by atoms with van der Waals surface area (Å²) in [5.74, 6) is 0.976. The fourth-order valence-corrected chi connectivity index (χ4v) is 4.96. The molecule has 106 valence electrons. The molecule has 0 bridgehead atoms. The second-order valence-corrected chi connectivity index (χ2v) is 8.07. The van der Waals surface area contributed by atoms with Crippen LogP contribution in [0.3, 0.4) is 0 Å². The van der Waals surface area contributed by atoms with Gasteiger partial charge in [0, 0.05) is 11.3 Å². The van der Waals surface area contributed by atoms with Crippen molar-refractivity contribution in [2.24, 2.45) is 5.92 Å². The van der Waals surface area contributed by atoms with Gasteiger partial charge in [-0.3, -0.25) is 4.72 Å². The fourth-order valence-electron chi connectivity index (χ4n) is 2.45. The van der Waals surface area contributed by atoms with Gasteiger partial charge in [0.1, 0.15) is 0 Å². The van der Waals surface area contributed by atoms with Crippen LogP contribution in [-0.4, -0.2) is 32.2 Å². The lowest BCUT2D eigenvalue weighted by molar-refractivity contribution is 0.404. The second-order valence-electron chi connectivity index (χ2n) is 5.45. The molecule has 5 nitrogen and oxygen atoms in total. The van der Waals surface area contributed by atoms with Crippen LogP contribution in [0.2, 0.25) is 0 Å². The molecule has 7 heteroatoms. The van der Waals surface area contributed by atoms with Crippen LogP contribution in [0.1, 0.15) is 37.3 Å². The number of aromatic nitrogens is 1. The minimum absolute atomic E-state index is 0.193. The Morgan fingerprint density at radius 3 is 2.95 bits per heavy atom. The van der Waals surface area contributed by atoms with Crippen molar-refractivity contribution in [1.82, 2.24) is 10.3 Å². The van der Waals surface area contributed by atoms with E-state index in [0.29, 0.717) is 11.0 Å². The van der Waals surface area contributed by atoms with Gasteiger partial charge in [0.05, 0.1) is 11.4 Å². The molecule has 0 amide bonds. The van der Waals surface area contributed by atoms with E-state index < -0.39 is 10.0 Å². The number of nitrogens with one attached hydrogen (secondary N) is 2. The van der Waals surface area contributed by atoms with E-state index in [0.717, 1.165) is 31.6 Å². The Balaban J connectivity index is 1.59. The number of thiazole rings is 1. The van der Waals surface area contributed by atoms with Gasteiger partial charge < -0.3 is 5.32 Å². The summed E-state index contributed by atoms with van der Waals surface area (Å²) in [5.41, 5.74) is 1.04. The summed E-state index contributed by atoms with van der Waals surface area (Å²) in [6.45, 7) is 1.80. The maximum Gasteiger partial charge on any atom is 0.234 e. The average Bonchev–Trinajstić information content (AvgIpc) is 3.11. The van der Waals surface area contributed by atoms with Gasteiger partial charge >= 0.3 is 0 Å². The maximum atomic E-state index is 12.1. The summed E-state index contributed by atoms with van der Waals surface area (Å²) in [6.07, 6.45) is 4.41. The Hall–Kier alpha value is -0.660. The third-order valence-corrected chi connectivity index (χ3v) is 5.93. The van der Waals surface area contributed by atoms with Gasteiger partial charge in [-0.05, 0) is 44.7 Å². The first-order chi connectivity index (χ1) is 9.12. The molecule has 1 aliphatic heterocycles. The maximum absolute atomic E-state index is 12.1. The third-order valence-electron chi connectivity index (χ3n) is 3.61. The lowest BCUT2D eigenvalue weighted by Gasteiger charge is -2.22. The number of anilines is 1. The molecule has 1 atom stereocenters. The minimum Gasteiger partial charge on any atom is -0.316 e. The fraction of sp³-hybridized carbons (Fsp3) is 0.750. The van der Waals surface area contributed by atoms with Gasteiger partial charge in [-0.25, -0.2) is 13.4 Å². The highest BCUT2D eigenvalue weighted by Gasteiger charge is 2.27. The highest BCUT2D eigenvalue weighted by Crippen LogP contribution is 2.41. The van der Waals surface area contributed by atoms with E-state index in [2.05, 4.69) is 15.0 Å². The number of hydrogen-bond acceptors (Lipinski definition) is 5. The van der Waals surface area contributed by atoms with E-state index in [1.165, 1.54) is 24.2 Å². The van der Waals surface area contributed by atoms with Gasteiger partial charge in [-0.2, -0.15) is 0 Å². The normalized spacial score (nSPS) is 24.3. The Labute approximate surface area is 117 Å². The SMILES string of the molecule is O=S(=O)(CC1CCCNC1)Nc1nc(C2CC2)cs1. The Kier molecular flexibility index (Phi) is 3.77. The van der Waals surface area contributed by atoms with Crippen LogP contribution >= 0.6 is 11.3 Å². The van der Waals surface area contributed by atoms with Gasteiger partial charge in [-0.1, -0.05) is 0 Å². The van der Waals surface area contributed by atoms with Crippen LogP contribution in [-0.2, 0) is 10.0 Å². The van der Waals surface area contributed by atoms with Crippen molar-refractivity contribution in [2.45, 2.75) is 31.6 Å². The predicted octanol–water partition coefficient (Wildman–Crippen LogP) is 1.76. The summed E-state index contributed by atoms with van der Waals surface area (Å²) in [6, 6.07) is 0. The summed E-state index contributed by atoms with van der Waals surface area (Å²) in [4.78, 5) is 4.36. The van der Waals surface area contributed by atoms with Crippen molar-refractivity contribution < 1.29 is 8.42 Å². The third kappa shape index (κ3) is 3.67. The lowest BCUT2D eigenvalue weighted by atomic mass is 10.0. The molecule has 1 aromatic rings. The van der Waals surface area contributed by atoms with Crippen LogP contribution in [0.15, 0.2) is 5.38 Å². The van der Waals surface area contributed by atoms with Crippen molar-refractivity contribution in [3.8, 4) is 0 Å². The molecular weight excluding hydrogens is 282 g/mol. The summed E-state index contributed by atoms with van der Waals surface area (Å²) < 4.78 is 26.8. The number of rotatable bonds is 5. The Morgan fingerprint density at radius 2 is 2.26 bits per heavy atom. The smallest absolute Gasteiger partial charge is 0.234 e. The highest BCUT2D eigenvalue weighted by atomic mass is 32.2. The van der Waals surface area contributed by atoms with Crippen LogP contribution in [0.4, 0.5) is 5.13 Å². The van der Waals surface area contributed by atoms with E-state index in [1.807, 2.05) is 5.38 Å². The van der Waals surface area contributed by atoms with Crippen molar-refractivity contribution in [1.29, 1.82) is 0 Å². The second kappa shape index (κ2) is 5.38. The van der Waals surface area contributed by atoms with E-state index in [9.17, 15) is 8.42 Å². The molecule has 0 aromatic carbocycles. The van der Waals surface area contributed by atoms with Crippen molar-refractivity contribution in [2.75, 3.05) is 23.6 Å². The van der Waals surface area contributed by atoms with E-state index in [4.69, 9.17) is 0 Å². The molecule has 0 radical (unpaired) electrons. The Bertz CT molecular complexity index is 531. The molecule has 1 saturated carbocycles. The highest BCUT2D eigenvalue weighted by molar-refractivity contribution is 7.92. The molecule has 3 rings (SSSR count). The van der Waals surface area contributed by atoms with E-state index in [-0.39, 0.29) is 11.7 Å². The monoisotopic (exact) mass is 301 g/mol. The topological polar surface area (TPSA) is 71.1 Å². The number of piperidine rings is 1. The zero-order chi connectivity index (χ0) is 13.3. The van der Waals surface area contributed by atoms with Gasteiger partial charge in [0.25, 0.3) is 0 Å². The van der Waals surface area contributed by atoms with Gasteiger partial charge in [0.15, 0.2) is 5.13 Å². The van der Waals surface area contributed by atoms with Crippen LogP contribution in [0.5, 0.6) is 0 Å². The number of hydrogen-bond donors (Lipinski definition) is 2. The molecule has 1 unspecified atom stereocenters. The molecule has 2 heterocycles. The summed E-state index contributed by atoms with van der Waals surface area (Å²) in [7, 11) is -3.27. The molecule has 1 aliphatic carbocycles. The molecule has 2 N–H and O–H groups in total. The molecule has 0 spiro atoms. The number of nitrogens with zero attached hydrogens (tertiary/aromatic N) is 1. The van der Waals surface area contributed by atoms with Crippen LogP contribution in [0.25, 0.3) is 0 Å². The average molecular weight is 301 g/mol. The molecule has 1 saturated heterocycles. The number of sulfonamides is 1. The quantitative estimate of drug-likeness (QED) is 0.869. The first-order valence-electron chi connectivity index (χ1n) is 6.79. The predicted molar refractivity (Wildman–Crippen MR) is 77.1 cm³/mol. The molecule has 19 heavy (non-hydrogen) atoms. The zero-order valence-corrected chi connectivity index (χ0v) is 12.4. The molecule has 2 fully saturated rings. The summed E-state index contributed by atoms with van der Waals surface area (Å²) in [5, 5.41) is 5.73. The van der Waals surface area contributed by atoms with Gasteiger partial charge in [-0.15, -0.1) is 11.3 Å². The molecule has 1 aromatic heterocycles. The first-order valence-corrected chi connectivity index (χ1v) is 9.32. The molecular formula is C12H19N3O2S2. The Morgan fingerprint density at radius 1 is 1.42 bits per heavy atom. The van der Waals surface area contributed by atoms with E-state index in [1.54, 1.807) is 0 Å². The van der Waals surface area contributed by atoms with E-state index >= 15 is 0 Å². The standard InChI is InChI=1S/C12H19N3O2S2/c16-19(17,8-9-2-1-5-13-6-9)15-12-14-11(7-18-12)10-3-4-10/h7,9-10,13H,1-6,8H2,(H,14,15). The summed E-state index contributed by atoms with van der Waals surface area (Å²) >= 11 is 1.39. The van der Waals surface area contributed by atoms with Crippen molar-refractivity contribution in [3.63, 3.8) is 0 Å². The van der Waals surface area contributed by atoms with Crippen LogP contribution in [0, 0.1) is 5.92 Å². The minimum atomic E-state index is -3.27. The largest absolute Gasteiger partial charge is 0.316 e. The van der Waals surface area contributed by atoms with Crippen LogP contribution < -0.4 is 10.0 Å². The first kappa shape index (κ1) is 13.3. The van der Waals surface area contributed by atoms with Crippen molar-refractivity contribution in [3.05, 3.63) is 11.1 Å².